The van der Waals surface area contributed by atoms with Gasteiger partial charge in [-0.1, -0.05) is 0 Å². The molecule has 0 bridgehead atoms. The summed E-state index contributed by atoms with van der Waals surface area (Å²) in [4.78, 5) is 7.63. The van der Waals surface area contributed by atoms with E-state index in [1.165, 1.54) is 30.5 Å². The molecule has 0 aliphatic heterocycles. The molecular formula is C20H19F3N4O2S. The Morgan fingerprint density at radius 3 is 2.57 bits per heavy atom. The van der Waals surface area contributed by atoms with Gasteiger partial charge in [-0.25, -0.2) is 23.0 Å². The lowest BCUT2D eigenvalue weighted by molar-refractivity contribution is 0.339. The van der Waals surface area contributed by atoms with E-state index in [1.54, 1.807) is 6.92 Å². The standard InChI is InChI=1S/C20H19F3N4O2S/c1-3-29-17-8-13(21)4-5-14(17)15-9-19(25-10-16(15)22)27-20-7-12(6-18(23)26-20)11-30(2,24)28/h4-10,24H,3,11H2,1-2H3,(H,25,26,27). The highest BCUT2D eigenvalue weighted by Gasteiger charge is 2.15. The minimum Gasteiger partial charge on any atom is -0.493 e. The molecule has 2 heterocycles. The Morgan fingerprint density at radius 1 is 1.10 bits per heavy atom. The van der Waals surface area contributed by atoms with Crippen LogP contribution in [0.25, 0.3) is 11.1 Å². The zero-order valence-electron chi connectivity index (χ0n) is 16.2. The molecule has 3 rings (SSSR count). The van der Waals surface area contributed by atoms with E-state index in [9.17, 15) is 17.4 Å². The highest BCUT2D eigenvalue weighted by Crippen LogP contribution is 2.34. The first-order chi connectivity index (χ1) is 14.1. The van der Waals surface area contributed by atoms with E-state index < -0.39 is 27.3 Å². The van der Waals surface area contributed by atoms with Gasteiger partial charge in [-0.3, -0.25) is 4.78 Å². The summed E-state index contributed by atoms with van der Waals surface area (Å²) in [5.41, 5.74) is 0.760. The Balaban J connectivity index is 1.97. The topological polar surface area (TPSA) is 88.0 Å². The molecule has 0 radical (unpaired) electrons. The minimum atomic E-state index is -2.88. The van der Waals surface area contributed by atoms with Crippen LogP contribution in [0.4, 0.5) is 24.8 Å². The van der Waals surface area contributed by atoms with Crippen LogP contribution in [0.1, 0.15) is 12.5 Å². The van der Waals surface area contributed by atoms with Gasteiger partial charge in [0.2, 0.25) is 5.95 Å². The maximum absolute atomic E-state index is 14.5. The van der Waals surface area contributed by atoms with Crippen LogP contribution in [-0.4, -0.2) is 27.0 Å². The van der Waals surface area contributed by atoms with Crippen molar-refractivity contribution in [1.82, 2.24) is 9.97 Å². The number of halogens is 3. The molecule has 2 aromatic heterocycles. The van der Waals surface area contributed by atoms with Crippen LogP contribution in [0.15, 0.2) is 42.6 Å². The molecule has 0 aliphatic rings. The third-order valence-corrected chi connectivity index (χ3v) is 4.83. The summed E-state index contributed by atoms with van der Waals surface area (Å²) in [5, 5.41) is 2.77. The maximum Gasteiger partial charge on any atom is 0.215 e. The van der Waals surface area contributed by atoms with E-state index in [-0.39, 0.29) is 35.3 Å². The zero-order valence-corrected chi connectivity index (χ0v) is 17.0. The second kappa shape index (κ2) is 8.70. The molecule has 6 nitrogen and oxygen atoms in total. The van der Waals surface area contributed by atoms with Crippen LogP contribution in [-0.2, 0) is 15.5 Å². The number of nitrogens with one attached hydrogen (secondary N) is 2. The van der Waals surface area contributed by atoms with Crippen molar-refractivity contribution in [2.75, 3.05) is 18.2 Å². The van der Waals surface area contributed by atoms with Crippen molar-refractivity contribution in [3.8, 4) is 16.9 Å². The van der Waals surface area contributed by atoms with Crippen molar-refractivity contribution in [2.45, 2.75) is 12.7 Å². The summed E-state index contributed by atoms with van der Waals surface area (Å²) in [7, 11) is -2.88. The monoisotopic (exact) mass is 436 g/mol. The molecule has 0 spiro atoms. The third kappa shape index (κ3) is 5.47. The second-order valence-electron chi connectivity index (χ2n) is 6.58. The molecule has 30 heavy (non-hydrogen) atoms. The number of anilines is 2. The van der Waals surface area contributed by atoms with Gasteiger partial charge in [-0.2, -0.15) is 4.39 Å². The van der Waals surface area contributed by atoms with Gasteiger partial charge in [0, 0.05) is 33.2 Å². The van der Waals surface area contributed by atoms with Gasteiger partial charge in [-0.15, -0.1) is 0 Å². The van der Waals surface area contributed by atoms with Crippen molar-refractivity contribution >= 4 is 21.4 Å². The lowest BCUT2D eigenvalue weighted by Crippen LogP contribution is -2.04. The van der Waals surface area contributed by atoms with Crippen LogP contribution in [0.2, 0.25) is 0 Å². The number of rotatable bonds is 7. The van der Waals surface area contributed by atoms with Gasteiger partial charge in [-0.05, 0) is 42.8 Å². The van der Waals surface area contributed by atoms with Crippen molar-refractivity contribution in [2.24, 2.45) is 0 Å². The van der Waals surface area contributed by atoms with E-state index >= 15 is 0 Å². The SMILES string of the molecule is CCOc1cc(F)ccc1-c1cc(Nc2cc(CS(C)(=N)=O)cc(F)n2)ncc1F. The molecule has 3 aromatic rings. The molecule has 2 N–H and O–H groups in total. The summed E-state index contributed by atoms with van der Waals surface area (Å²) in [6, 6.07) is 7.65. The molecule has 0 saturated heterocycles. The largest absolute Gasteiger partial charge is 0.493 e. The predicted molar refractivity (Wildman–Crippen MR) is 109 cm³/mol. The Bertz CT molecular complexity index is 1190. The number of aromatic nitrogens is 2. The fraction of sp³-hybridized carbons (Fsp3) is 0.200. The first-order valence-corrected chi connectivity index (χ1v) is 11.0. The highest BCUT2D eigenvalue weighted by molar-refractivity contribution is 7.90. The molecule has 0 saturated carbocycles. The quantitative estimate of drug-likeness (QED) is 0.516. The van der Waals surface area contributed by atoms with Crippen LogP contribution >= 0.6 is 0 Å². The lowest BCUT2D eigenvalue weighted by Gasteiger charge is -2.13. The summed E-state index contributed by atoms with van der Waals surface area (Å²) < 4.78 is 66.5. The van der Waals surface area contributed by atoms with E-state index in [2.05, 4.69) is 15.3 Å². The Morgan fingerprint density at radius 2 is 1.87 bits per heavy atom. The molecule has 158 valence electrons. The third-order valence-electron chi connectivity index (χ3n) is 3.94. The molecule has 0 aliphatic carbocycles. The van der Waals surface area contributed by atoms with Crippen molar-refractivity contribution < 1.29 is 22.1 Å². The van der Waals surface area contributed by atoms with Gasteiger partial charge in [0.05, 0.1) is 18.6 Å². The Kier molecular flexibility index (Phi) is 6.25. The van der Waals surface area contributed by atoms with Crippen LogP contribution in [0.3, 0.4) is 0 Å². The Hall–Kier alpha value is -3.14. The fourth-order valence-electron chi connectivity index (χ4n) is 2.85. The zero-order chi connectivity index (χ0) is 21.9. The summed E-state index contributed by atoms with van der Waals surface area (Å²) in [6.45, 7) is 1.99. The molecule has 10 heteroatoms. The summed E-state index contributed by atoms with van der Waals surface area (Å²) in [5.74, 6) is -1.75. The second-order valence-corrected chi connectivity index (χ2v) is 8.88. The normalized spacial score (nSPS) is 13.0. The molecule has 0 fully saturated rings. The number of benzene rings is 1. The number of hydrogen-bond donors (Lipinski definition) is 2. The van der Waals surface area contributed by atoms with Gasteiger partial charge >= 0.3 is 0 Å². The van der Waals surface area contributed by atoms with Gasteiger partial charge in [0.1, 0.15) is 29.0 Å². The molecule has 1 aromatic carbocycles. The number of nitrogens with zero attached hydrogens (tertiary/aromatic N) is 2. The van der Waals surface area contributed by atoms with Crippen molar-refractivity contribution in [3.05, 3.63) is 65.7 Å². The fourth-order valence-corrected chi connectivity index (χ4v) is 3.66. The smallest absolute Gasteiger partial charge is 0.215 e. The first kappa shape index (κ1) is 21.6. The van der Waals surface area contributed by atoms with Gasteiger partial charge < -0.3 is 10.1 Å². The van der Waals surface area contributed by atoms with Gasteiger partial charge in [0.25, 0.3) is 0 Å². The number of pyridine rings is 2. The molecule has 1 unspecified atom stereocenters. The summed E-state index contributed by atoms with van der Waals surface area (Å²) >= 11 is 0. The number of hydrogen-bond acceptors (Lipinski definition) is 6. The van der Waals surface area contributed by atoms with Crippen LogP contribution in [0, 0.1) is 22.4 Å². The minimum absolute atomic E-state index is 0.0582. The van der Waals surface area contributed by atoms with Crippen molar-refractivity contribution in [1.29, 1.82) is 4.78 Å². The lowest BCUT2D eigenvalue weighted by atomic mass is 10.0. The summed E-state index contributed by atoms with van der Waals surface area (Å²) in [6.07, 6.45) is 2.23. The van der Waals surface area contributed by atoms with E-state index in [0.29, 0.717) is 11.1 Å². The molecule has 1 atom stereocenters. The number of ether oxygens (including phenoxy) is 1. The van der Waals surface area contributed by atoms with E-state index in [4.69, 9.17) is 9.52 Å². The maximum atomic E-state index is 14.5. The average Bonchev–Trinajstić information content (AvgIpc) is 2.62. The predicted octanol–water partition coefficient (Wildman–Crippen LogP) is 4.88. The molecule has 0 amide bonds. The van der Waals surface area contributed by atoms with Crippen molar-refractivity contribution in [3.63, 3.8) is 0 Å². The van der Waals surface area contributed by atoms with Gasteiger partial charge in [0.15, 0.2) is 0 Å². The van der Waals surface area contributed by atoms with Crippen LogP contribution < -0.4 is 10.1 Å². The first-order valence-electron chi connectivity index (χ1n) is 8.88. The van der Waals surface area contributed by atoms with E-state index in [0.717, 1.165) is 18.3 Å². The van der Waals surface area contributed by atoms with E-state index in [1.807, 2.05) is 0 Å². The highest BCUT2D eigenvalue weighted by atomic mass is 32.2. The Labute approximate surface area is 172 Å². The average molecular weight is 436 g/mol. The van der Waals surface area contributed by atoms with Crippen LogP contribution in [0.5, 0.6) is 5.75 Å². The molecular weight excluding hydrogens is 417 g/mol.